The summed E-state index contributed by atoms with van der Waals surface area (Å²) in [5.74, 6) is -1.59. The smallest absolute Gasteiger partial charge is 0.375 e. The Morgan fingerprint density at radius 3 is 2.66 bits per heavy atom. The van der Waals surface area contributed by atoms with Gasteiger partial charge in [-0.15, -0.1) is 11.3 Å². The van der Waals surface area contributed by atoms with Crippen molar-refractivity contribution in [1.29, 1.82) is 0 Å². The highest BCUT2D eigenvalue weighted by Crippen LogP contribution is 2.38. The molecule has 7 nitrogen and oxygen atoms in total. The number of benzene rings is 1. The van der Waals surface area contributed by atoms with E-state index in [0.717, 1.165) is 41.5 Å². The first-order valence-corrected chi connectivity index (χ1v) is 11.7. The fourth-order valence-electron chi connectivity index (χ4n) is 3.86. The van der Waals surface area contributed by atoms with Crippen molar-refractivity contribution < 1.29 is 28.3 Å². The molecule has 0 spiro atoms. The van der Waals surface area contributed by atoms with E-state index < -0.39 is 23.9 Å². The second-order valence-electron chi connectivity index (χ2n) is 7.58. The summed E-state index contributed by atoms with van der Waals surface area (Å²) >= 11 is 1.40. The quantitative estimate of drug-likeness (QED) is 0.497. The SMILES string of the molecule is CCOC(=O)c1c(NC(=O)C(CC)OC(=O)c2cc3ccccc3o2)sc2c1CCCC2. The molecule has 0 bridgehead atoms. The minimum Gasteiger partial charge on any atom is -0.462 e. The molecule has 0 fully saturated rings. The number of nitrogens with one attached hydrogen (secondary N) is 1. The highest BCUT2D eigenvalue weighted by molar-refractivity contribution is 7.17. The monoisotopic (exact) mass is 455 g/mol. The zero-order valence-electron chi connectivity index (χ0n) is 18.1. The van der Waals surface area contributed by atoms with Gasteiger partial charge in [0.15, 0.2) is 6.10 Å². The molecule has 4 rings (SSSR count). The highest BCUT2D eigenvalue weighted by atomic mass is 32.1. The molecule has 1 N–H and O–H groups in total. The third-order valence-electron chi connectivity index (χ3n) is 5.43. The van der Waals surface area contributed by atoms with Crippen molar-refractivity contribution in [3.8, 4) is 0 Å². The number of aryl methyl sites for hydroxylation is 1. The van der Waals surface area contributed by atoms with Gasteiger partial charge in [-0.05, 0) is 56.7 Å². The van der Waals surface area contributed by atoms with E-state index >= 15 is 0 Å². The van der Waals surface area contributed by atoms with Crippen LogP contribution in [0.15, 0.2) is 34.7 Å². The molecule has 3 aromatic rings. The summed E-state index contributed by atoms with van der Waals surface area (Å²) in [6.07, 6.45) is 2.96. The van der Waals surface area contributed by atoms with Gasteiger partial charge >= 0.3 is 11.9 Å². The second-order valence-corrected chi connectivity index (χ2v) is 8.68. The summed E-state index contributed by atoms with van der Waals surface area (Å²) in [4.78, 5) is 39.3. The molecular weight excluding hydrogens is 430 g/mol. The number of hydrogen-bond donors (Lipinski definition) is 1. The molecular formula is C24H25NO6S. The summed E-state index contributed by atoms with van der Waals surface area (Å²) in [7, 11) is 0. The van der Waals surface area contributed by atoms with Crippen LogP contribution in [0.1, 0.15) is 64.5 Å². The molecule has 32 heavy (non-hydrogen) atoms. The lowest BCUT2D eigenvalue weighted by atomic mass is 9.95. The van der Waals surface area contributed by atoms with Crippen LogP contribution in [0.2, 0.25) is 0 Å². The fraction of sp³-hybridized carbons (Fsp3) is 0.375. The van der Waals surface area contributed by atoms with Gasteiger partial charge in [0.2, 0.25) is 5.76 Å². The van der Waals surface area contributed by atoms with E-state index in [1.807, 2.05) is 18.2 Å². The Morgan fingerprint density at radius 2 is 1.91 bits per heavy atom. The summed E-state index contributed by atoms with van der Waals surface area (Å²) in [5, 5.41) is 4.05. The van der Waals surface area contributed by atoms with Crippen molar-refractivity contribution in [1.82, 2.24) is 0 Å². The second kappa shape index (κ2) is 9.56. The van der Waals surface area contributed by atoms with Crippen molar-refractivity contribution in [3.63, 3.8) is 0 Å². The predicted octanol–water partition coefficient (Wildman–Crippen LogP) is 5.12. The van der Waals surface area contributed by atoms with Crippen LogP contribution < -0.4 is 5.32 Å². The number of anilines is 1. The Labute approximate surface area is 189 Å². The van der Waals surface area contributed by atoms with E-state index in [9.17, 15) is 14.4 Å². The largest absolute Gasteiger partial charge is 0.462 e. The number of esters is 2. The molecule has 168 valence electrons. The molecule has 8 heteroatoms. The fourth-order valence-corrected chi connectivity index (χ4v) is 5.14. The Hall–Kier alpha value is -3.13. The number of ether oxygens (including phenoxy) is 2. The van der Waals surface area contributed by atoms with Crippen LogP contribution in [0, 0.1) is 0 Å². The van der Waals surface area contributed by atoms with E-state index in [-0.39, 0.29) is 18.8 Å². The van der Waals surface area contributed by atoms with Gasteiger partial charge in [-0.3, -0.25) is 4.79 Å². The Balaban J connectivity index is 1.52. The van der Waals surface area contributed by atoms with E-state index in [0.29, 0.717) is 16.1 Å². The van der Waals surface area contributed by atoms with Gasteiger partial charge in [0.05, 0.1) is 12.2 Å². The number of para-hydroxylation sites is 1. The predicted molar refractivity (Wildman–Crippen MR) is 121 cm³/mol. The highest BCUT2D eigenvalue weighted by Gasteiger charge is 2.30. The summed E-state index contributed by atoms with van der Waals surface area (Å²) in [5.41, 5.74) is 1.96. The summed E-state index contributed by atoms with van der Waals surface area (Å²) in [6.45, 7) is 3.75. The van der Waals surface area contributed by atoms with Crippen molar-refractivity contribution in [2.75, 3.05) is 11.9 Å². The number of rotatable bonds is 7. The molecule has 0 saturated carbocycles. The maximum absolute atomic E-state index is 13.0. The lowest BCUT2D eigenvalue weighted by Crippen LogP contribution is -2.32. The zero-order chi connectivity index (χ0) is 22.7. The van der Waals surface area contributed by atoms with Crippen molar-refractivity contribution in [2.24, 2.45) is 0 Å². The van der Waals surface area contributed by atoms with E-state index in [1.54, 1.807) is 26.0 Å². The Kier molecular flexibility index (Phi) is 6.60. The van der Waals surface area contributed by atoms with Gasteiger partial charge in [-0.1, -0.05) is 25.1 Å². The molecule has 1 atom stereocenters. The van der Waals surface area contributed by atoms with Crippen LogP contribution in [0.4, 0.5) is 5.00 Å². The molecule has 1 amide bonds. The third kappa shape index (κ3) is 4.41. The first-order valence-electron chi connectivity index (χ1n) is 10.8. The molecule has 1 unspecified atom stereocenters. The average Bonchev–Trinajstić information content (AvgIpc) is 3.38. The Bertz CT molecular complexity index is 1130. The van der Waals surface area contributed by atoms with E-state index in [2.05, 4.69) is 5.32 Å². The molecule has 1 aliphatic carbocycles. The minimum absolute atomic E-state index is 0.0382. The first-order chi connectivity index (χ1) is 15.5. The maximum atomic E-state index is 13.0. The van der Waals surface area contributed by atoms with Crippen LogP contribution in [0.25, 0.3) is 11.0 Å². The van der Waals surface area contributed by atoms with E-state index in [1.165, 1.54) is 11.3 Å². The van der Waals surface area contributed by atoms with Crippen molar-refractivity contribution >= 4 is 45.2 Å². The molecule has 1 aliphatic rings. The van der Waals surface area contributed by atoms with Crippen molar-refractivity contribution in [2.45, 2.75) is 52.1 Å². The van der Waals surface area contributed by atoms with Crippen LogP contribution in [-0.2, 0) is 27.1 Å². The number of hydrogen-bond acceptors (Lipinski definition) is 7. The van der Waals surface area contributed by atoms with Crippen LogP contribution >= 0.6 is 11.3 Å². The summed E-state index contributed by atoms with van der Waals surface area (Å²) in [6, 6.07) is 8.83. The van der Waals surface area contributed by atoms with Gasteiger partial charge in [0.25, 0.3) is 5.91 Å². The number of furan rings is 1. The van der Waals surface area contributed by atoms with Gasteiger partial charge in [0.1, 0.15) is 10.6 Å². The lowest BCUT2D eigenvalue weighted by molar-refractivity contribution is -0.124. The molecule has 2 heterocycles. The standard InChI is InChI=1S/C24H25NO6S/c1-3-16(31-23(27)18-13-14-9-5-7-11-17(14)30-18)21(26)25-22-20(24(28)29-4-2)15-10-6-8-12-19(15)32-22/h5,7,9,11,13,16H,3-4,6,8,10,12H2,1-2H3,(H,25,26). The molecule has 0 radical (unpaired) electrons. The average molecular weight is 456 g/mol. The number of carbonyl (C=O) groups excluding carboxylic acids is 3. The minimum atomic E-state index is -1.02. The van der Waals surface area contributed by atoms with Gasteiger partial charge in [-0.2, -0.15) is 0 Å². The maximum Gasteiger partial charge on any atom is 0.375 e. The molecule has 0 aliphatic heterocycles. The topological polar surface area (TPSA) is 94.8 Å². The van der Waals surface area contributed by atoms with Crippen LogP contribution in [0.3, 0.4) is 0 Å². The normalized spacial score (nSPS) is 13.9. The van der Waals surface area contributed by atoms with Crippen LogP contribution in [0.5, 0.6) is 0 Å². The first kappa shape index (κ1) is 22.1. The number of carbonyl (C=O) groups is 3. The molecule has 2 aromatic heterocycles. The number of thiophene rings is 1. The van der Waals surface area contributed by atoms with Crippen molar-refractivity contribution in [3.05, 3.63) is 52.1 Å². The van der Waals surface area contributed by atoms with Crippen LogP contribution in [-0.4, -0.2) is 30.6 Å². The van der Waals surface area contributed by atoms with Gasteiger partial charge in [0, 0.05) is 10.3 Å². The third-order valence-corrected chi connectivity index (χ3v) is 6.63. The summed E-state index contributed by atoms with van der Waals surface area (Å²) < 4.78 is 16.2. The number of fused-ring (bicyclic) bond motifs is 2. The Morgan fingerprint density at radius 1 is 1.12 bits per heavy atom. The zero-order valence-corrected chi connectivity index (χ0v) is 18.9. The van der Waals surface area contributed by atoms with E-state index in [4.69, 9.17) is 13.9 Å². The lowest BCUT2D eigenvalue weighted by Gasteiger charge is -2.15. The number of amides is 1. The van der Waals surface area contributed by atoms with Gasteiger partial charge in [-0.25, -0.2) is 9.59 Å². The molecule has 0 saturated heterocycles. The van der Waals surface area contributed by atoms with Gasteiger partial charge < -0.3 is 19.2 Å². The molecule has 1 aromatic carbocycles.